The zero-order chi connectivity index (χ0) is 7.82. The maximum atomic E-state index is 5.04. The lowest BCUT2D eigenvalue weighted by atomic mass is 10.4. The molecule has 52 valence electrons. The minimum Gasteiger partial charge on any atom is -0.248 e. The number of aromatic nitrogens is 1. The van der Waals surface area contributed by atoms with Gasteiger partial charge in [0.1, 0.15) is 5.69 Å². The molecule has 1 aromatic rings. The van der Waals surface area contributed by atoms with E-state index in [0.717, 1.165) is 0 Å². The van der Waals surface area contributed by atoms with Crippen LogP contribution in [0.15, 0.2) is 24.4 Å². The summed E-state index contributed by atoms with van der Waals surface area (Å²) in [5.74, 6) is 2.42. The highest BCUT2D eigenvalue weighted by atomic mass is 14.6. The molecule has 0 bridgehead atoms. The van der Waals surface area contributed by atoms with Crippen molar-refractivity contribution in [2.75, 3.05) is 0 Å². The number of nitrogens with zero attached hydrogens (tertiary/aromatic N) is 1. The summed E-state index contributed by atoms with van der Waals surface area (Å²) in [6, 6.07) is 5.49. The monoisotopic (exact) mass is 133 g/mol. The van der Waals surface area contributed by atoms with E-state index in [0.29, 0.717) is 5.69 Å². The van der Waals surface area contributed by atoms with E-state index in [-0.39, 0.29) is 0 Å². The van der Waals surface area contributed by atoms with Gasteiger partial charge in [0.25, 0.3) is 0 Å². The molecule has 1 nitrogen and oxygen atoms in total. The Morgan fingerprint density at radius 1 is 1.40 bits per heavy atom. The first kappa shape index (κ1) is 8.71. The van der Waals surface area contributed by atoms with E-state index < -0.39 is 0 Å². The van der Waals surface area contributed by atoms with Gasteiger partial charge in [-0.1, -0.05) is 25.8 Å². The highest BCUT2D eigenvalue weighted by molar-refractivity contribution is 5.22. The molecule has 0 aromatic carbocycles. The van der Waals surface area contributed by atoms with E-state index >= 15 is 0 Å². The van der Waals surface area contributed by atoms with Gasteiger partial charge >= 0.3 is 0 Å². The van der Waals surface area contributed by atoms with Crippen LogP contribution in [0.2, 0.25) is 0 Å². The molecule has 0 fully saturated rings. The summed E-state index contributed by atoms with van der Waals surface area (Å²) >= 11 is 0. The Hall–Kier alpha value is -1.29. The zero-order valence-electron chi connectivity index (χ0n) is 6.33. The van der Waals surface area contributed by atoms with Gasteiger partial charge in [-0.25, -0.2) is 4.98 Å². The molecule has 1 aromatic heterocycles. The minimum absolute atomic E-state index is 0.688. The summed E-state index contributed by atoms with van der Waals surface area (Å²) in [5, 5.41) is 0. The van der Waals surface area contributed by atoms with Crippen LogP contribution in [0.5, 0.6) is 0 Å². The van der Waals surface area contributed by atoms with E-state index in [1.807, 2.05) is 26.0 Å². The summed E-state index contributed by atoms with van der Waals surface area (Å²) in [6.07, 6.45) is 6.71. The van der Waals surface area contributed by atoms with Crippen LogP contribution in [0.25, 0.3) is 0 Å². The Morgan fingerprint density at radius 3 is 2.40 bits per heavy atom. The van der Waals surface area contributed by atoms with Crippen LogP contribution in [0, 0.1) is 12.3 Å². The van der Waals surface area contributed by atoms with Gasteiger partial charge in [-0.05, 0) is 12.1 Å². The van der Waals surface area contributed by atoms with Crippen LogP contribution in [-0.2, 0) is 0 Å². The van der Waals surface area contributed by atoms with Gasteiger partial charge in [0, 0.05) is 6.20 Å². The second-order valence-electron chi connectivity index (χ2n) is 1.36. The van der Waals surface area contributed by atoms with Gasteiger partial charge in [-0.2, -0.15) is 0 Å². The number of rotatable bonds is 0. The molecule has 0 spiro atoms. The smallest absolute Gasteiger partial charge is 0.112 e. The second kappa shape index (κ2) is 5.84. The zero-order valence-corrected chi connectivity index (χ0v) is 6.33. The van der Waals surface area contributed by atoms with Crippen LogP contribution < -0.4 is 0 Å². The minimum atomic E-state index is 0.688. The molecular formula is C9H11N. The largest absolute Gasteiger partial charge is 0.248 e. The molecule has 1 rings (SSSR count). The van der Waals surface area contributed by atoms with Crippen LogP contribution in [0.1, 0.15) is 19.5 Å². The molecular weight excluding hydrogens is 122 g/mol. The lowest BCUT2D eigenvalue weighted by molar-refractivity contribution is 1.29. The normalized spacial score (nSPS) is 6.90. The summed E-state index contributed by atoms with van der Waals surface area (Å²) in [5.41, 5.74) is 0.688. The Bertz CT molecular complexity index is 196. The Morgan fingerprint density at radius 2 is 2.10 bits per heavy atom. The van der Waals surface area contributed by atoms with Gasteiger partial charge in [0.2, 0.25) is 0 Å². The fourth-order valence-electron chi connectivity index (χ4n) is 0.448. The maximum absolute atomic E-state index is 5.04. The molecule has 0 aliphatic rings. The van der Waals surface area contributed by atoms with E-state index in [1.165, 1.54) is 0 Å². The van der Waals surface area contributed by atoms with Crippen LogP contribution in [0.3, 0.4) is 0 Å². The standard InChI is InChI=1S/C7H5N.C2H6/c1-2-7-5-3-4-6-8-7;1-2/h1,3-6H;1-2H3. The van der Waals surface area contributed by atoms with Gasteiger partial charge in [0.15, 0.2) is 0 Å². The third kappa shape index (κ3) is 2.88. The maximum Gasteiger partial charge on any atom is 0.112 e. The SMILES string of the molecule is C#Cc1ccccn1.CC. The second-order valence-corrected chi connectivity index (χ2v) is 1.36. The van der Waals surface area contributed by atoms with E-state index in [4.69, 9.17) is 6.42 Å². The summed E-state index contributed by atoms with van der Waals surface area (Å²) in [7, 11) is 0. The molecule has 0 aliphatic heterocycles. The lowest BCUT2D eigenvalue weighted by Crippen LogP contribution is -1.75. The molecule has 0 unspecified atom stereocenters. The molecule has 0 saturated heterocycles. The molecule has 0 saturated carbocycles. The topological polar surface area (TPSA) is 12.9 Å². The molecule has 0 radical (unpaired) electrons. The van der Waals surface area contributed by atoms with E-state index in [9.17, 15) is 0 Å². The first-order chi connectivity index (χ1) is 4.93. The molecule has 0 amide bonds. The molecule has 0 aliphatic carbocycles. The third-order valence-electron chi connectivity index (χ3n) is 0.813. The van der Waals surface area contributed by atoms with Crippen LogP contribution >= 0.6 is 0 Å². The van der Waals surface area contributed by atoms with Crippen molar-refractivity contribution in [3.8, 4) is 12.3 Å². The van der Waals surface area contributed by atoms with Crippen molar-refractivity contribution >= 4 is 0 Å². The van der Waals surface area contributed by atoms with Crippen molar-refractivity contribution in [2.24, 2.45) is 0 Å². The van der Waals surface area contributed by atoms with E-state index in [2.05, 4.69) is 10.9 Å². The van der Waals surface area contributed by atoms with Crippen LogP contribution in [0.4, 0.5) is 0 Å². The van der Waals surface area contributed by atoms with Crippen molar-refractivity contribution < 1.29 is 0 Å². The fourth-order valence-corrected chi connectivity index (χ4v) is 0.448. The van der Waals surface area contributed by atoms with Crippen LogP contribution in [-0.4, -0.2) is 4.98 Å². The lowest BCUT2D eigenvalue weighted by Gasteiger charge is -1.81. The number of hydrogen-bond donors (Lipinski definition) is 0. The average Bonchev–Trinajstić information content (AvgIpc) is 2.10. The number of terminal acetylenes is 1. The van der Waals surface area contributed by atoms with Gasteiger partial charge in [-0.15, -0.1) is 6.42 Å². The van der Waals surface area contributed by atoms with Crippen molar-refractivity contribution in [2.45, 2.75) is 13.8 Å². The summed E-state index contributed by atoms with van der Waals surface area (Å²) in [6.45, 7) is 4.00. The Kier molecular flexibility index (Phi) is 5.09. The average molecular weight is 133 g/mol. The van der Waals surface area contributed by atoms with Gasteiger partial charge in [0.05, 0.1) is 0 Å². The van der Waals surface area contributed by atoms with Gasteiger partial charge in [-0.3, -0.25) is 0 Å². The first-order valence-electron chi connectivity index (χ1n) is 3.31. The third-order valence-corrected chi connectivity index (χ3v) is 0.813. The fraction of sp³-hybridized carbons (Fsp3) is 0.222. The highest BCUT2D eigenvalue weighted by Crippen LogP contribution is 1.86. The van der Waals surface area contributed by atoms with E-state index in [1.54, 1.807) is 12.3 Å². The Balaban J connectivity index is 0.000000371. The number of pyridine rings is 1. The predicted molar refractivity (Wildman–Crippen MR) is 43.5 cm³/mol. The van der Waals surface area contributed by atoms with Gasteiger partial charge < -0.3 is 0 Å². The number of hydrogen-bond acceptors (Lipinski definition) is 1. The molecule has 0 atom stereocenters. The summed E-state index contributed by atoms with van der Waals surface area (Å²) < 4.78 is 0. The molecule has 10 heavy (non-hydrogen) atoms. The summed E-state index contributed by atoms with van der Waals surface area (Å²) in [4.78, 5) is 3.86. The molecule has 0 N–H and O–H groups in total. The predicted octanol–water partition coefficient (Wildman–Crippen LogP) is 2.09. The first-order valence-corrected chi connectivity index (χ1v) is 3.31. The highest BCUT2D eigenvalue weighted by Gasteiger charge is 1.78. The Labute approximate surface area is 62.1 Å². The van der Waals surface area contributed by atoms with Crippen molar-refractivity contribution in [1.82, 2.24) is 4.98 Å². The molecule has 1 heterocycles. The quantitative estimate of drug-likeness (QED) is 0.494. The molecule has 1 heteroatoms. The van der Waals surface area contributed by atoms with Crippen molar-refractivity contribution in [3.05, 3.63) is 30.1 Å². The van der Waals surface area contributed by atoms with Crippen molar-refractivity contribution in [1.29, 1.82) is 0 Å². The van der Waals surface area contributed by atoms with Crippen molar-refractivity contribution in [3.63, 3.8) is 0 Å².